The van der Waals surface area contributed by atoms with Gasteiger partial charge in [-0.15, -0.1) is 0 Å². The van der Waals surface area contributed by atoms with Crippen molar-refractivity contribution < 1.29 is 0 Å². The van der Waals surface area contributed by atoms with Gasteiger partial charge in [0.1, 0.15) is 0 Å². The van der Waals surface area contributed by atoms with E-state index in [2.05, 4.69) is 22.8 Å². The highest BCUT2D eigenvalue weighted by Crippen LogP contribution is 2.00. The van der Waals surface area contributed by atoms with Crippen LogP contribution in [0, 0.1) is 6.92 Å². The minimum atomic E-state index is 0.511. The van der Waals surface area contributed by atoms with Crippen LogP contribution in [-0.4, -0.2) is 11.3 Å². The van der Waals surface area contributed by atoms with Crippen molar-refractivity contribution in [3.8, 4) is 0 Å². The molecule has 0 aromatic heterocycles. The van der Waals surface area contributed by atoms with Gasteiger partial charge in [-0.25, -0.2) is 0 Å². The van der Waals surface area contributed by atoms with Crippen LogP contribution in [0.3, 0.4) is 0 Å². The second kappa shape index (κ2) is 7.40. The first-order chi connectivity index (χ1) is 9.74. The molecule has 0 aliphatic rings. The molecule has 0 spiro atoms. The van der Waals surface area contributed by atoms with Crippen molar-refractivity contribution in [1.29, 1.82) is 0 Å². The maximum Gasteiger partial charge on any atom is 0.187 e. The van der Waals surface area contributed by atoms with Crippen LogP contribution >= 0.6 is 12.2 Å². The molecule has 0 unspecified atom stereocenters. The van der Waals surface area contributed by atoms with Gasteiger partial charge in [-0.2, -0.15) is 5.10 Å². The lowest BCUT2D eigenvalue weighted by Crippen LogP contribution is -2.31. The van der Waals surface area contributed by atoms with Crippen LogP contribution in [-0.2, 0) is 6.54 Å². The lowest BCUT2D eigenvalue weighted by molar-refractivity contribution is 0.869. The van der Waals surface area contributed by atoms with E-state index in [-0.39, 0.29) is 0 Å². The standard InChI is InChI=1S/C16H17N3S/c1-13-7-9-15(10-8-13)12-18-19-16(20)17-11-14-5-3-2-4-6-14/h2-10,12H,11H2,1H3,(H2,17,19,20)/b18-12-. The Balaban J connectivity index is 1.76. The van der Waals surface area contributed by atoms with Crippen LogP contribution in [0.1, 0.15) is 16.7 Å². The summed E-state index contributed by atoms with van der Waals surface area (Å²) in [5.41, 5.74) is 6.25. The number of hydrogen-bond acceptors (Lipinski definition) is 2. The molecule has 0 aliphatic heterocycles. The quantitative estimate of drug-likeness (QED) is 0.514. The van der Waals surface area contributed by atoms with Crippen LogP contribution in [0.4, 0.5) is 0 Å². The summed E-state index contributed by atoms with van der Waals surface area (Å²) in [7, 11) is 0. The van der Waals surface area contributed by atoms with Gasteiger partial charge in [-0.05, 0) is 30.3 Å². The van der Waals surface area contributed by atoms with Gasteiger partial charge in [-0.3, -0.25) is 5.43 Å². The van der Waals surface area contributed by atoms with Crippen LogP contribution in [0.2, 0.25) is 0 Å². The van der Waals surface area contributed by atoms with Gasteiger partial charge >= 0.3 is 0 Å². The van der Waals surface area contributed by atoms with Crippen molar-refractivity contribution in [2.24, 2.45) is 5.10 Å². The molecule has 2 N–H and O–H groups in total. The van der Waals surface area contributed by atoms with E-state index in [0.717, 1.165) is 5.56 Å². The SMILES string of the molecule is Cc1ccc(/C=N\NC(=S)NCc2ccccc2)cc1. The van der Waals surface area contributed by atoms with Crippen LogP contribution < -0.4 is 10.7 Å². The molecular weight excluding hydrogens is 266 g/mol. The van der Waals surface area contributed by atoms with Crippen LogP contribution in [0.15, 0.2) is 59.7 Å². The van der Waals surface area contributed by atoms with Gasteiger partial charge in [0.15, 0.2) is 5.11 Å². The fourth-order valence-corrected chi connectivity index (χ4v) is 1.76. The van der Waals surface area contributed by atoms with Crippen molar-refractivity contribution in [3.63, 3.8) is 0 Å². The number of rotatable bonds is 4. The van der Waals surface area contributed by atoms with Gasteiger partial charge < -0.3 is 5.32 Å². The molecular formula is C16H17N3S. The van der Waals surface area contributed by atoms with Crippen molar-refractivity contribution in [2.75, 3.05) is 0 Å². The molecule has 3 nitrogen and oxygen atoms in total. The molecule has 2 aromatic rings. The number of aryl methyl sites for hydroxylation is 1. The van der Waals surface area contributed by atoms with E-state index in [1.807, 2.05) is 54.6 Å². The van der Waals surface area contributed by atoms with E-state index in [1.54, 1.807) is 6.21 Å². The third kappa shape index (κ3) is 4.82. The number of nitrogens with one attached hydrogen (secondary N) is 2. The molecule has 0 radical (unpaired) electrons. The number of nitrogens with zero attached hydrogens (tertiary/aromatic N) is 1. The smallest absolute Gasteiger partial charge is 0.187 e. The van der Waals surface area contributed by atoms with Gasteiger partial charge in [-0.1, -0.05) is 60.2 Å². The van der Waals surface area contributed by atoms with Crippen molar-refractivity contribution in [2.45, 2.75) is 13.5 Å². The third-order valence-corrected chi connectivity index (χ3v) is 2.99. The molecule has 0 aliphatic carbocycles. The summed E-state index contributed by atoms with van der Waals surface area (Å²) in [6.07, 6.45) is 1.75. The third-order valence-electron chi connectivity index (χ3n) is 2.75. The van der Waals surface area contributed by atoms with Gasteiger partial charge in [0.2, 0.25) is 0 Å². The predicted molar refractivity (Wildman–Crippen MR) is 87.8 cm³/mol. The minimum absolute atomic E-state index is 0.511. The number of thiocarbonyl (C=S) groups is 1. The summed E-state index contributed by atoms with van der Waals surface area (Å²) >= 11 is 5.15. The Morgan fingerprint density at radius 1 is 1.10 bits per heavy atom. The van der Waals surface area contributed by atoms with Gasteiger partial charge in [0, 0.05) is 6.54 Å². The molecule has 0 heterocycles. The molecule has 102 valence electrons. The van der Waals surface area contributed by atoms with Crippen molar-refractivity contribution in [1.82, 2.24) is 10.7 Å². The molecule has 0 amide bonds. The molecule has 20 heavy (non-hydrogen) atoms. The highest BCUT2D eigenvalue weighted by molar-refractivity contribution is 7.80. The summed E-state index contributed by atoms with van der Waals surface area (Å²) in [4.78, 5) is 0. The molecule has 0 fully saturated rings. The molecule has 0 saturated heterocycles. The fraction of sp³-hybridized carbons (Fsp3) is 0.125. The predicted octanol–water partition coefficient (Wildman–Crippen LogP) is 2.99. The van der Waals surface area contributed by atoms with Crippen LogP contribution in [0.25, 0.3) is 0 Å². The average molecular weight is 283 g/mol. The Kier molecular flexibility index (Phi) is 5.26. The van der Waals surface area contributed by atoms with Crippen molar-refractivity contribution >= 4 is 23.5 Å². The zero-order chi connectivity index (χ0) is 14.2. The minimum Gasteiger partial charge on any atom is -0.357 e. The van der Waals surface area contributed by atoms with Gasteiger partial charge in [0.05, 0.1) is 6.21 Å². The Labute approximate surface area is 124 Å². The first-order valence-corrected chi connectivity index (χ1v) is 6.82. The first kappa shape index (κ1) is 14.2. The van der Waals surface area contributed by atoms with E-state index >= 15 is 0 Å². The fourth-order valence-electron chi connectivity index (χ4n) is 1.64. The summed E-state index contributed by atoms with van der Waals surface area (Å²) in [6, 6.07) is 18.2. The zero-order valence-corrected chi connectivity index (χ0v) is 12.2. The molecule has 0 bridgehead atoms. The van der Waals surface area contributed by atoms with E-state index in [0.29, 0.717) is 11.7 Å². The zero-order valence-electron chi connectivity index (χ0n) is 11.3. The number of hydrazone groups is 1. The Morgan fingerprint density at radius 3 is 2.50 bits per heavy atom. The number of benzene rings is 2. The normalized spacial score (nSPS) is 10.4. The Hall–Kier alpha value is -2.20. The molecule has 4 heteroatoms. The second-order valence-corrected chi connectivity index (χ2v) is 4.86. The van der Waals surface area contributed by atoms with E-state index in [4.69, 9.17) is 12.2 Å². The average Bonchev–Trinajstić information content (AvgIpc) is 2.48. The molecule has 0 atom stereocenters. The second-order valence-electron chi connectivity index (χ2n) is 4.45. The maximum absolute atomic E-state index is 5.15. The topological polar surface area (TPSA) is 36.4 Å². The van der Waals surface area contributed by atoms with Gasteiger partial charge in [0.25, 0.3) is 0 Å². The monoisotopic (exact) mass is 283 g/mol. The Morgan fingerprint density at radius 2 is 1.80 bits per heavy atom. The Bertz CT molecular complexity index is 576. The summed E-state index contributed by atoms with van der Waals surface area (Å²) in [6.45, 7) is 2.74. The molecule has 2 aromatic carbocycles. The molecule has 2 rings (SSSR count). The van der Waals surface area contributed by atoms with Crippen molar-refractivity contribution in [3.05, 3.63) is 71.3 Å². The lowest BCUT2D eigenvalue weighted by atomic mass is 10.2. The van der Waals surface area contributed by atoms with E-state index in [9.17, 15) is 0 Å². The lowest BCUT2D eigenvalue weighted by Gasteiger charge is -2.06. The first-order valence-electron chi connectivity index (χ1n) is 6.41. The summed E-state index contributed by atoms with van der Waals surface area (Å²) in [5, 5.41) is 7.72. The summed E-state index contributed by atoms with van der Waals surface area (Å²) in [5.74, 6) is 0. The highest BCUT2D eigenvalue weighted by Gasteiger charge is 1.94. The number of hydrogen-bond donors (Lipinski definition) is 2. The molecule has 0 saturated carbocycles. The highest BCUT2D eigenvalue weighted by atomic mass is 32.1. The maximum atomic E-state index is 5.15. The summed E-state index contributed by atoms with van der Waals surface area (Å²) < 4.78 is 0. The largest absolute Gasteiger partial charge is 0.357 e. The van der Waals surface area contributed by atoms with Crippen LogP contribution in [0.5, 0.6) is 0 Å². The van der Waals surface area contributed by atoms with E-state index < -0.39 is 0 Å². The van der Waals surface area contributed by atoms with E-state index in [1.165, 1.54) is 11.1 Å².